The lowest BCUT2D eigenvalue weighted by atomic mass is 10.2. The van der Waals surface area contributed by atoms with Crippen LogP contribution >= 0.6 is 0 Å². The van der Waals surface area contributed by atoms with Crippen LogP contribution in [-0.2, 0) is 0 Å². The van der Waals surface area contributed by atoms with Crippen molar-refractivity contribution < 1.29 is 14.3 Å². The number of nitrogens with two attached hydrogens (primary N) is 1. The smallest absolute Gasteiger partial charge is 0.173 e. The zero-order valence-electron chi connectivity index (χ0n) is 10.2. The molecule has 6 heteroatoms. The Balaban J connectivity index is 2.41. The molecule has 5 nitrogen and oxygen atoms in total. The molecule has 2 aromatic rings. The largest absolute Gasteiger partial charge is 0.455 e. The molecule has 0 saturated carbocycles. The molecule has 0 aliphatic heterocycles. The highest BCUT2D eigenvalue weighted by Crippen LogP contribution is 2.27. The number of halogens is 1. The molecule has 0 aliphatic rings. The third-order valence-corrected chi connectivity index (χ3v) is 2.54. The second kappa shape index (κ2) is 5.34. The van der Waals surface area contributed by atoms with E-state index in [0.29, 0.717) is 11.3 Å². The Hall–Kier alpha value is -2.63. The first-order chi connectivity index (χ1) is 9.11. The lowest BCUT2D eigenvalue weighted by Crippen LogP contribution is -2.14. The maximum absolute atomic E-state index is 13.2. The van der Waals surface area contributed by atoms with Gasteiger partial charge in [0.15, 0.2) is 11.6 Å². The Morgan fingerprint density at radius 2 is 2.16 bits per heavy atom. The summed E-state index contributed by atoms with van der Waals surface area (Å²) in [5.41, 5.74) is 6.67. The summed E-state index contributed by atoms with van der Waals surface area (Å²) in [4.78, 5) is 3.90. The highest BCUT2D eigenvalue weighted by atomic mass is 19.1. The molecular formula is C13H12FN3O2. The van der Waals surface area contributed by atoms with Gasteiger partial charge in [-0.15, -0.1) is 0 Å². The van der Waals surface area contributed by atoms with Crippen molar-refractivity contribution in [2.24, 2.45) is 10.9 Å². The van der Waals surface area contributed by atoms with Crippen LogP contribution in [0.3, 0.4) is 0 Å². The first-order valence-electron chi connectivity index (χ1n) is 5.47. The number of ether oxygens (including phenoxy) is 1. The first kappa shape index (κ1) is 12.8. The number of benzene rings is 1. The summed E-state index contributed by atoms with van der Waals surface area (Å²) in [6.45, 7) is 1.79. The summed E-state index contributed by atoms with van der Waals surface area (Å²) in [6.07, 6.45) is 2.90. The van der Waals surface area contributed by atoms with Crippen molar-refractivity contribution in [3.8, 4) is 11.5 Å². The van der Waals surface area contributed by atoms with Gasteiger partial charge in [-0.25, -0.2) is 4.39 Å². The Morgan fingerprint density at radius 3 is 2.89 bits per heavy atom. The normalized spacial score (nSPS) is 11.4. The van der Waals surface area contributed by atoms with E-state index in [1.807, 2.05) is 0 Å². The molecule has 0 fully saturated rings. The van der Waals surface area contributed by atoms with Crippen LogP contribution in [0.2, 0.25) is 0 Å². The first-order valence-corrected chi connectivity index (χ1v) is 5.47. The topological polar surface area (TPSA) is 80.7 Å². The fraction of sp³-hybridized carbons (Fsp3) is 0.0769. The number of oxime groups is 1. The highest BCUT2D eigenvalue weighted by Gasteiger charge is 2.11. The predicted molar refractivity (Wildman–Crippen MR) is 68.0 cm³/mol. The number of pyridine rings is 1. The van der Waals surface area contributed by atoms with Crippen LogP contribution in [0.1, 0.15) is 11.1 Å². The van der Waals surface area contributed by atoms with Crippen LogP contribution in [-0.4, -0.2) is 16.0 Å². The zero-order valence-corrected chi connectivity index (χ0v) is 10.2. The van der Waals surface area contributed by atoms with Crippen LogP contribution in [0.4, 0.5) is 4.39 Å². The minimum Gasteiger partial charge on any atom is -0.455 e. The molecular weight excluding hydrogens is 249 g/mol. The average molecular weight is 261 g/mol. The number of aryl methyl sites for hydroxylation is 1. The van der Waals surface area contributed by atoms with Gasteiger partial charge in [0.2, 0.25) is 0 Å². The minimum atomic E-state index is -0.408. The van der Waals surface area contributed by atoms with Gasteiger partial charge in [0.1, 0.15) is 11.6 Å². The molecule has 2 rings (SSSR count). The SMILES string of the molecule is Cc1ccc(F)cc1Oc1cnccc1/C(N)=N/O. The lowest BCUT2D eigenvalue weighted by Gasteiger charge is -2.11. The molecule has 0 spiro atoms. The van der Waals surface area contributed by atoms with E-state index >= 15 is 0 Å². The quantitative estimate of drug-likeness (QED) is 0.385. The number of aromatic nitrogens is 1. The fourth-order valence-corrected chi connectivity index (χ4v) is 1.53. The predicted octanol–water partition coefficient (Wildman–Crippen LogP) is 2.42. The van der Waals surface area contributed by atoms with Crippen molar-refractivity contribution in [2.45, 2.75) is 6.92 Å². The minimum absolute atomic E-state index is 0.105. The molecule has 0 unspecified atom stereocenters. The van der Waals surface area contributed by atoms with E-state index in [1.54, 1.807) is 19.1 Å². The van der Waals surface area contributed by atoms with Crippen LogP contribution in [0.5, 0.6) is 11.5 Å². The van der Waals surface area contributed by atoms with Gasteiger partial charge in [0.25, 0.3) is 0 Å². The van der Waals surface area contributed by atoms with Crippen molar-refractivity contribution in [3.63, 3.8) is 0 Å². The van der Waals surface area contributed by atoms with Gasteiger partial charge in [-0.05, 0) is 24.6 Å². The molecule has 0 radical (unpaired) electrons. The summed E-state index contributed by atoms with van der Waals surface area (Å²) in [5.74, 6) is 0.118. The summed E-state index contributed by atoms with van der Waals surface area (Å²) >= 11 is 0. The standard InChI is InChI=1S/C13H12FN3O2/c1-8-2-3-9(14)6-11(8)19-12-7-16-5-4-10(12)13(15)17-18/h2-7,18H,1H3,(H2,15,17). The van der Waals surface area contributed by atoms with E-state index in [4.69, 9.17) is 15.7 Å². The molecule has 1 aromatic heterocycles. The second-order valence-corrected chi connectivity index (χ2v) is 3.87. The summed E-state index contributed by atoms with van der Waals surface area (Å²) in [7, 11) is 0. The Labute approximate surface area is 109 Å². The summed E-state index contributed by atoms with van der Waals surface area (Å²) in [5, 5.41) is 11.6. The Bertz CT molecular complexity index is 629. The third kappa shape index (κ3) is 2.79. The van der Waals surface area contributed by atoms with Gasteiger partial charge in [0, 0.05) is 12.3 Å². The second-order valence-electron chi connectivity index (χ2n) is 3.87. The van der Waals surface area contributed by atoms with Crippen molar-refractivity contribution in [3.05, 3.63) is 53.6 Å². The van der Waals surface area contributed by atoms with Crippen molar-refractivity contribution >= 4 is 5.84 Å². The monoisotopic (exact) mass is 261 g/mol. The summed E-state index contributed by atoms with van der Waals surface area (Å²) < 4.78 is 18.8. The van der Waals surface area contributed by atoms with Crippen LogP contribution in [0.25, 0.3) is 0 Å². The van der Waals surface area contributed by atoms with Crippen molar-refractivity contribution in [1.82, 2.24) is 4.98 Å². The van der Waals surface area contributed by atoms with Gasteiger partial charge < -0.3 is 15.7 Å². The van der Waals surface area contributed by atoms with Crippen molar-refractivity contribution in [1.29, 1.82) is 0 Å². The maximum atomic E-state index is 13.2. The Morgan fingerprint density at radius 1 is 1.37 bits per heavy atom. The van der Waals surface area contributed by atoms with E-state index in [2.05, 4.69) is 10.1 Å². The molecule has 0 bridgehead atoms. The fourth-order valence-electron chi connectivity index (χ4n) is 1.53. The van der Waals surface area contributed by atoms with Gasteiger partial charge >= 0.3 is 0 Å². The number of hydrogen-bond acceptors (Lipinski definition) is 4. The highest BCUT2D eigenvalue weighted by molar-refractivity contribution is 5.99. The van der Waals surface area contributed by atoms with Crippen LogP contribution in [0, 0.1) is 12.7 Å². The zero-order chi connectivity index (χ0) is 13.8. The summed E-state index contributed by atoms with van der Waals surface area (Å²) in [6, 6.07) is 5.75. The Kier molecular flexibility index (Phi) is 3.61. The molecule has 1 heterocycles. The van der Waals surface area contributed by atoms with E-state index in [0.717, 1.165) is 5.56 Å². The lowest BCUT2D eigenvalue weighted by molar-refractivity contribution is 0.318. The van der Waals surface area contributed by atoms with E-state index in [9.17, 15) is 4.39 Å². The average Bonchev–Trinajstić information content (AvgIpc) is 2.42. The van der Waals surface area contributed by atoms with Gasteiger partial charge in [-0.3, -0.25) is 4.98 Å². The number of nitrogens with zero attached hydrogens (tertiary/aromatic N) is 2. The van der Waals surface area contributed by atoms with Crippen LogP contribution < -0.4 is 10.5 Å². The molecule has 0 atom stereocenters. The van der Waals surface area contributed by atoms with Crippen LogP contribution in [0.15, 0.2) is 41.8 Å². The maximum Gasteiger partial charge on any atom is 0.173 e. The molecule has 0 amide bonds. The molecule has 3 N–H and O–H groups in total. The van der Waals surface area contributed by atoms with E-state index in [1.165, 1.54) is 24.5 Å². The molecule has 0 saturated heterocycles. The van der Waals surface area contributed by atoms with Gasteiger partial charge in [-0.2, -0.15) is 0 Å². The number of amidine groups is 1. The van der Waals surface area contributed by atoms with Gasteiger partial charge in [-0.1, -0.05) is 11.2 Å². The number of rotatable bonds is 3. The molecule has 19 heavy (non-hydrogen) atoms. The molecule has 1 aromatic carbocycles. The van der Waals surface area contributed by atoms with E-state index in [-0.39, 0.29) is 11.6 Å². The number of hydrogen-bond donors (Lipinski definition) is 2. The van der Waals surface area contributed by atoms with Gasteiger partial charge in [0.05, 0.1) is 11.8 Å². The molecule has 0 aliphatic carbocycles. The third-order valence-electron chi connectivity index (χ3n) is 2.54. The van der Waals surface area contributed by atoms with E-state index < -0.39 is 5.82 Å². The van der Waals surface area contributed by atoms with Crippen molar-refractivity contribution in [2.75, 3.05) is 0 Å². The molecule has 98 valence electrons.